The summed E-state index contributed by atoms with van der Waals surface area (Å²) in [6, 6.07) is 0. The lowest BCUT2D eigenvalue weighted by molar-refractivity contribution is -0.136. The van der Waals surface area contributed by atoms with E-state index in [1.54, 1.807) is 0 Å². The van der Waals surface area contributed by atoms with Gasteiger partial charge >= 0.3 is 5.97 Å². The van der Waals surface area contributed by atoms with E-state index in [4.69, 9.17) is 15.6 Å². The molecule has 2 heterocycles. The van der Waals surface area contributed by atoms with Gasteiger partial charge in [-0.1, -0.05) is 0 Å². The Balaban J connectivity index is 2.39. The molecule has 2 rings (SSSR count). The van der Waals surface area contributed by atoms with E-state index in [1.165, 1.54) is 0 Å². The van der Waals surface area contributed by atoms with Crippen molar-refractivity contribution in [3.8, 4) is 0 Å². The molecule has 7 nitrogen and oxygen atoms in total. The molecule has 0 aliphatic carbocycles. The number of carboxylic acid groups (broad SMARTS) is 1. The van der Waals surface area contributed by atoms with Crippen molar-refractivity contribution in [2.24, 2.45) is 0 Å². The number of aromatic amines is 1. The average molecular weight is 267 g/mol. The van der Waals surface area contributed by atoms with Gasteiger partial charge in [-0.25, -0.2) is 4.98 Å². The highest BCUT2D eigenvalue weighted by Crippen LogP contribution is 2.32. The minimum Gasteiger partial charge on any atom is -0.481 e. The van der Waals surface area contributed by atoms with Gasteiger partial charge in [-0.15, -0.1) is 0 Å². The van der Waals surface area contributed by atoms with Crippen molar-refractivity contribution in [3.63, 3.8) is 0 Å². The number of carboxylic acids is 1. The van der Waals surface area contributed by atoms with Crippen molar-refractivity contribution in [1.82, 2.24) is 9.97 Å². The molecule has 4 N–H and O–H groups in total. The summed E-state index contributed by atoms with van der Waals surface area (Å²) in [4.78, 5) is 29.3. The lowest BCUT2D eigenvalue weighted by Crippen LogP contribution is -2.35. The van der Waals surface area contributed by atoms with E-state index < -0.39 is 23.6 Å². The highest BCUT2D eigenvalue weighted by molar-refractivity contribution is 5.71. The number of hydrogen-bond donors (Lipinski definition) is 3. The van der Waals surface area contributed by atoms with Crippen LogP contribution in [0.2, 0.25) is 0 Å². The zero-order valence-electron chi connectivity index (χ0n) is 10.7. The van der Waals surface area contributed by atoms with Gasteiger partial charge in [0.25, 0.3) is 5.56 Å². The third-order valence-electron chi connectivity index (χ3n) is 3.35. The second-order valence-electron chi connectivity index (χ2n) is 4.89. The van der Waals surface area contributed by atoms with Crippen molar-refractivity contribution in [2.45, 2.75) is 38.2 Å². The third kappa shape index (κ3) is 2.76. The first-order valence-corrected chi connectivity index (χ1v) is 6.17. The standard InChI is InChI=1S/C12H17N3O4/c1-12(4-2-3-5-19-12)11-14-9(13)7(6-8(16)17)10(18)15-11/h2-6H2,1H3,(H,16,17)(H3,13,14,15,18). The number of hydrogen-bond acceptors (Lipinski definition) is 5. The van der Waals surface area contributed by atoms with Crippen LogP contribution in [0.5, 0.6) is 0 Å². The van der Waals surface area contributed by atoms with Gasteiger partial charge in [-0.2, -0.15) is 0 Å². The molecule has 1 aromatic heterocycles. The maximum absolute atomic E-state index is 11.9. The minimum atomic E-state index is -1.12. The van der Waals surface area contributed by atoms with Crippen LogP contribution in [-0.2, 0) is 21.6 Å². The largest absolute Gasteiger partial charge is 0.481 e. The van der Waals surface area contributed by atoms with E-state index in [9.17, 15) is 9.59 Å². The van der Waals surface area contributed by atoms with Gasteiger partial charge < -0.3 is 20.6 Å². The monoisotopic (exact) mass is 267 g/mol. The van der Waals surface area contributed by atoms with Crippen LogP contribution in [0.3, 0.4) is 0 Å². The second kappa shape index (κ2) is 5.00. The molecule has 1 aliphatic rings. The Morgan fingerprint density at radius 2 is 2.32 bits per heavy atom. The number of nitrogens with one attached hydrogen (secondary N) is 1. The fourth-order valence-electron chi connectivity index (χ4n) is 2.21. The summed E-state index contributed by atoms with van der Waals surface area (Å²) in [6.07, 6.45) is 2.27. The molecule has 1 unspecified atom stereocenters. The summed E-state index contributed by atoms with van der Waals surface area (Å²) in [6.45, 7) is 2.46. The highest BCUT2D eigenvalue weighted by Gasteiger charge is 2.33. The first-order chi connectivity index (χ1) is 8.92. The summed E-state index contributed by atoms with van der Waals surface area (Å²) in [7, 11) is 0. The number of anilines is 1. The van der Waals surface area contributed by atoms with Gasteiger partial charge in [0.15, 0.2) is 0 Å². The third-order valence-corrected chi connectivity index (χ3v) is 3.35. The predicted octanol–water partition coefficient (Wildman–Crippen LogP) is 0.395. The normalized spacial score (nSPS) is 23.2. The molecule has 1 saturated heterocycles. The first kappa shape index (κ1) is 13.5. The Labute approximate surface area is 109 Å². The van der Waals surface area contributed by atoms with Crippen LogP contribution in [0, 0.1) is 0 Å². The first-order valence-electron chi connectivity index (χ1n) is 6.17. The molecule has 0 spiro atoms. The fourth-order valence-corrected chi connectivity index (χ4v) is 2.21. The average Bonchev–Trinajstić information content (AvgIpc) is 2.34. The van der Waals surface area contributed by atoms with E-state index in [0.29, 0.717) is 12.4 Å². The van der Waals surface area contributed by atoms with Crippen LogP contribution < -0.4 is 11.3 Å². The number of nitrogens with zero attached hydrogens (tertiary/aromatic N) is 1. The number of nitrogens with two attached hydrogens (primary N) is 1. The van der Waals surface area contributed by atoms with E-state index in [0.717, 1.165) is 19.3 Å². The van der Waals surface area contributed by atoms with Crippen molar-refractivity contribution in [2.75, 3.05) is 12.3 Å². The van der Waals surface area contributed by atoms with Crippen LogP contribution >= 0.6 is 0 Å². The van der Waals surface area contributed by atoms with Crippen LogP contribution in [0.4, 0.5) is 5.82 Å². The van der Waals surface area contributed by atoms with Crippen LogP contribution in [0.25, 0.3) is 0 Å². The minimum absolute atomic E-state index is 0.0179. The van der Waals surface area contributed by atoms with Crippen molar-refractivity contribution < 1.29 is 14.6 Å². The molecule has 1 atom stereocenters. The molecule has 19 heavy (non-hydrogen) atoms. The number of nitrogen functional groups attached to an aromatic ring is 1. The predicted molar refractivity (Wildman–Crippen MR) is 67.8 cm³/mol. The molecule has 0 amide bonds. The molecule has 7 heteroatoms. The maximum atomic E-state index is 11.9. The SMILES string of the molecule is CC1(c2nc(N)c(CC(=O)O)c(=O)[nH]2)CCCCO1. The van der Waals surface area contributed by atoms with E-state index in [1.807, 2.05) is 6.92 Å². The molecule has 104 valence electrons. The van der Waals surface area contributed by atoms with E-state index in [-0.39, 0.29) is 11.4 Å². The maximum Gasteiger partial charge on any atom is 0.308 e. The molecule has 0 bridgehead atoms. The zero-order valence-corrected chi connectivity index (χ0v) is 10.7. The van der Waals surface area contributed by atoms with Crippen LogP contribution in [0.1, 0.15) is 37.6 Å². The number of ether oxygens (including phenoxy) is 1. The summed E-state index contributed by atoms with van der Waals surface area (Å²) < 4.78 is 5.68. The van der Waals surface area contributed by atoms with Gasteiger partial charge in [0.2, 0.25) is 0 Å². The van der Waals surface area contributed by atoms with Crippen molar-refractivity contribution in [1.29, 1.82) is 0 Å². The molecule has 0 aromatic carbocycles. The Morgan fingerprint density at radius 3 is 2.84 bits per heavy atom. The number of carbonyl (C=O) groups is 1. The van der Waals surface area contributed by atoms with Crippen LogP contribution in [-0.4, -0.2) is 27.7 Å². The summed E-state index contributed by atoms with van der Waals surface area (Å²) in [5.74, 6) is -0.799. The summed E-state index contributed by atoms with van der Waals surface area (Å²) >= 11 is 0. The van der Waals surface area contributed by atoms with Gasteiger partial charge in [-0.05, 0) is 26.2 Å². The van der Waals surface area contributed by atoms with Gasteiger partial charge in [0.05, 0.1) is 12.0 Å². The van der Waals surface area contributed by atoms with E-state index >= 15 is 0 Å². The van der Waals surface area contributed by atoms with Gasteiger partial charge in [-0.3, -0.25) is 9.59 Å². The molecule has 1 aliphatic heterocycles. The smallest absolute Gasteiger partial charge is 0.308 e. The Bertz CT molecular complexity index is 546. The fraction of sp³-hybridized carbons (Fsp3) is 0.583. The van der Waals surface area contributed by atoms with Crippen molar-refractivity contribution >= 4 is 11.8 Å². The topological polar surface area (TPSA) is 118 Å². The molecule has 1 fully saturated rings. The number of aliphatic carboxylic acids is 1. The number of H-pyrrole nitrogens is 1. The summed E-state index contributed by atoms with van der Waals surface area (Å²) in [5, 5.41) is 8.72. The molecule has 0 saturated carbocycles. The molecular formula is C12H17N3O4. The second-order valence-corrected chi connectivity index (χ2v) is 4.89. The Kier molecular flexibility index (Phi) is 3.57. The quantitative estimate of drug-likeness (QED) is 0.729. The Morgan fingerprint density at radius 1 is 1.58 bits per heavy atom. The highest BCUT2D eigenvalue weighted by atomic mass is 16.5. The zero-order chi connectivity index (χ0) is 14.0. The molecule has 0 radical (unpaired) electrons. The van der Waals surface area contributed by atoms with Gasteiger partial charge in [0, 0.05) is 6.61 Å². The lowest BCUT2D eigenvalue weighted by Gasteiger charge is -2.32. The molecule has 1 aromatic rings. The molecular weight excluding hydrogens is 250 g/mol. The van der Waals surface area contributed by atoms with Gasteiger partial charge in [0.1, 0.15) is 17.2 Å². The van der Waals surface area contributed by atoms with Crippen LogP contribution in [0.15, 0.2) is 4.79 Å². The summed E-state index contributed by atoms with van der Waals surface area (Å²) in [5.41, 5.74) is 4.50. The van der Waals surface area contributed by atoms with E-state index in [2.05, 4.69) is 9.97 Å². The number of rotatable bonds is 3. The Hall–Kier alpha value is -1.89. The van der Waals surface area contributed by atoms with Crippen molar-refractivity contribution in [3.05, 3.63) is 21.7 Å². The number of aromatic nitrogens is 2. The lowest BCUT2D eigenvalue weighted by atomic mass is 9.95.